The molecule has 0 aromatic carbocycles. The minimum absolute atomic E-state index is 0.787. The van der Waals surface area contributed by atoms with E-state index in [1.807, 2.05) is 0 Å². The fraction of sp³-hybridized carbons (Fsp3) is 1.00. The van der Waals surface area contributed by atoms with E-state index in [2.05, 4.69) is 64.7 Å². The van der Waals surface area contributed by atoms with Crippen LogP contribution in [0.4, 0.5) is 0 Å². The highest BCUT2D eigenvalue weighted by atomic mass is 32.2. The Morgan fingerprint density at radius 3 is 1.52 bits per heavy atom. The van der Waals surface area contributed by atoms with E-state index in [1.54, 1.807) is 0 Å². The minimum Gasteiger partial charge on any atom is -0.179 e. The molecule has 0 heterocycles. The van der Waals surface area contributed by atoms with Gasteiger partial charge in [0.2, 0.25) is 0 Å². The highest BCUT2D eigenvalue weighted by Crippen LogP contribution is 2.46. The van der Waals surface area contributed by atoms with E-state index in [-0.39, 0.29) is 0 Å². The molecular weight excluding hydrogens is 336 g/mol. The molecular formula is C20H38S3. The summed E-state index contributed by atoms with van der Waals surface area (Å²) in [6.45, 7) is 9.81. The van der Waals surface area contributed by atoms with Gasteiger partial charge in [-0.2, -0.15) is 37.0 Å². The van der Waals surface area contributed by atoms with Gasteiger partial charge in [0.1, 0.15) is 0 Å². The lowest BCUT2D eigenvalue weighted by atomic mass is 9.77. The average molecular weight is 375 g/mol. The van der Waals surface area contributed by atoms with Crippen molar-refractivity contribution >= 4 is 37.0 Å². The van der Waals surface area contributed by atoms with Gasteiger partial charge in [-0.1, -0.05) is 27.7 Å². The molecule has 0 amide bonds. The molecule has 2 rings (SSSR count). The van der Waals surface area contributed by atoms with E-state index in [0.29, 0.717) is 0 Å². The first-order valence-electron chi connectivity index (χ1n) is 9.83. The molecule has 0 radical (unpaired) electrons. The van der Waals surface area contributed by atoms with Crippen LogP contribution in [0.5, 0.6) is 0 Å². The van der Waals surface area contributed by atoms with Crippen LogP contribution in [0.25, 0.3) is 0 Å². The van der Waals surface area contributed by atoms with Crippen LogP contribution in [0.2, 0.25) is 0 Å². The lowest BCUT2D eigenvalue weighted by Crippen LogP contribution is -2.35. The Labute approximate surface area is 160 Å². The first-order valence-corrected chi connectivity index (χ1v) is 12.0. The summed E-state index contributed by atoms with van der Waals surface area (Å²) in [5, 5.41) is 1.77. The van der Waals surface area contributed by atoms with Crippen molar-refractivity contribution < 1.29 is 0 Å². The van der Waals surface area contributed by atoms with Crippen molar-refractivity contribution in [2.45, 2.75) is 76.7 Å². The molecule has 8 unspecified atom stereocenters. The molecule has 0 aromatic rings. The number of hydrogen-bond acceptors (Lipinski definition) is 3. The normalized spacial score (nSPS) is 41.5. The third kappa shape index (κ3) is 5.51. The molecule has 3 heteroatoms. The highest BCUT2D eigenvalue weighted by Gasteiger charge is 2.36. The molecule has 0 spiro atoms. The van der Waals surface area contributed by atoms with Crippen LogP contribution in [0.15, 0.2) is 0 Å². The fourth-order valence-electron chi connectivity index (χ4n) is 4.56. The van der Waals surface area contributed by atoms with Gasteiger partial charge in [-0.05, 0) is 85.5 Å². The van der Waals surface area contributed by atoms with Crippen LogP contribution in [-0.2, 0) is 0 Å². The Bertz CT molecular complexity index is 314. The molecule has 0 nitrogen and oxygen atoms in total. The Kier molecular flexibility index (Phi) is 8.56. The predicted molar refractivity (Wildman–Crippen MR) is 114 cm³/mol. The van der Waals surface area contributed by atoms with Crippen molar-refractivity contribution in [3.8, 4) is 0 Å². The van der Waals surface area contributed by atoms with Gasteiger partial charge in [-0.3, -0.25) is 0 Å². The van der Waals surface area contributed by atoms with Gasteiger partial charge in [-0.15, -0.1) is 0 Å². The maximum atomic E-state index is 4.55. The van der Waals surface area contributed by atoms with Gasteiger partial charge in [0.25, 0.3) is 0 Å². The summed E-state index contributed by atoms with van der Waals surface area (Å²) in [5.41, 5.74) is 0. The summed E-state index contributed by atoms with van der Waals surface area (Å²) >= 11 is 11.5. The van der Waals surface area contributed by atoms with Crippen LogP contribution in [0, 0.1) is 35.5 Å². The molecule has 0 saturated heterocycles. The third-order valence-corrected chi connectivity index (χ3v) is 10.0. The standard InChI is InChI=1S/C20H38S3/c1-13-5-7-17(15(3)11-21)9-19(13)23-20-10-18(16(4)12-22)8-6-14(20)2/h13-22H,5-12H2,1-4H3. The van der Waals surface area contributed by atoms with Crippen LogP contribution in [0.1, 0.15) is 66.2 Å². The highest BCUT2D eigenvalue weighted by molar-refractivity contribution is 8.00. The van der Waals surface area contributed by atoms with Gasteiger partial charge in [-0.25, -0.2) is 0 Å². The largest absolute Gasteiger partial charge is 0.179 e. The summed E-state index contributed by atoms with van der Waals surface area (Å²) < 4.78 is 0. The number of thioether (sulfide) groups is 1. The van der Waals surface area contributed by atoms with Crippen LogP contribution in [-0.4, -0.2) is 22.0 Å². The summed E-state index contributed by atoms with van der Waals surface area (Å²) in [6.07, 6.45) is 8.59. The molecule has 0 aromatic heterocycles. The molecule has 0 aliphatic heterocycles. The average Bonchev–Trinajstić information content (AvgIpc) is 2.57. The van der Waals surface area contributed by atoms with Crippen molar-refractivity contribution in [3.05, 3.63) is 0 Å². The summed E-state index contributed by atoms with van der Waals surface area (Å²) in [5.74, 6) is 7.30. The monoisotopic (exact) mass is 374 g/mol. The van der Waals surface area contributed by atoms with Crippen LogP contribution in [0.3, 0.4) is 0 Å². The van der Waals surface area contributed by atoms with Crippen molar-refractivity contribution in [1.29, 1.82) is 0 Å². The van der Waals surface area contributed by atoms with Crippen molar-refractivity contribution in [1.82, 2.24) is 0 Å². The Balaban J connectivity index is 1.94. The van der Waals surface area contributed by atoms with E-state index in [9.17, 15) is 0 Å². The first kappa shape index (κ1) is 20.4. The zero-order valence-electron chi connectivity index (χ0n) is 15.6. The second-order valence-corrected chi connectivity index (χ2v) is 10.8. The lowest BCUT2D eigenvalue weighted by molar-refractivity contribution is 0.233. The van der Waals surface area contributed by atoms with E-state index in [0.717, 1.165) is 57.5 Å². The topological polar surface area (TPSA) is 0 Å². The van der Waals surface area contributed by atoms with E-state index < -0.39 is 0 Å². The van der Waals surface area contributed by atoms with Crippen molar-refractivity contribution in [2.75, 3.05) is 11.5 Å². The van der Waals surface area contributed by atoms with Gasteiger partial charge in [0.15, 0.2) is 0 Å². The third-order valence-electron chi connectivity index (χ3n) is 6.86. The lowest BCUT2D eigenvalue weighted by Gasteiger charge is -2.42. The summed E-state index contributed by atoms with van der Waals surface area (Å²) in [6, 6.07) is 0. The van der Waals surface area contributed by atoms with Gasteiger partial charge >= 0.3 is 0 Å². The van der Waals surface area contributed by atoms with Gasteiger partial charge in [0, 0.05) is 10.5 Å². The van der Waals surface area contributed by atoms with E-state index in [4.69, 9.17) is 0 Å². The maximum Gasteiger partial charge on any atom is 0.00783 e. The zero-order chi connectivity index (χ0) is 17.0. The molecule has 8 atom stereocenters. The smallest absolute Gasteiger partial charge is 0.00783 e. The van der Waals surface area contributed by atoms with Crippen LogP contribution >= 0.6 is 37.0 Å². The van der Waals surface area contributed by atoms with Crippen molar-refractivity contribution in [2.24, 2.45) is 35.5 Å². The second kappa shape index (κ2) is 9.67. The minimum atomic E-state index is 0.787. The first-order chi connectivity index (χ1) is 11.0. The molecule has 2 aliphatic carbocycles. The zero-order valence-corrected chi connectivity index (χ0v) is 18.2. The van der Waals surface area contributed by atoms with Crippen molar-refractivity contribution in [3.63, 3.8) is 0 Å². The van der Waals surface area contributed by atoms with E-state index >= 15 is 0 Å². The van der Waals surface area contributed by atoms with Crippen LogP contribution < -0.4 is 0 Å². The Hall–Kier alpha value is 1.05. The Morgan fingerprint density at radius 2 is 1.17 bits per heavy atom. The molecule has 0 bridgehead atoms. The fourth-order valence-corrected chi connectivity index (χ4v) is 7.13. The SMILES string of the molecule is CC(CS)C1CCC(C)C(SC2CC(C(C)CS)CCC2C)C1. The van der Waals surface area contributed by atoms with Gasteiger partial charge < -0.3 is 0 Å². The molecule has 2 fully saturated rings. The van der Waals surface area contributed by atoms with E-state index in [1.165, 1.54) is 38.5 Å². The quantitative estimate of drug-likeness (QED) is 0.503. The number of hydrogen-bond donors (Lipinski definition) is 2. The summed E-state index contributed by atoms with van der Waals surface area (Å²) in [7, 11) is 0. The molecule has 2 aliphatic rings. The molecule has 0 N–H and O–H groups in total. The maximum absolute atomic E-state index is 4.55. The molecule has 23 heavy (non-hydrogen) atoms. The Morgan fingerprint density at radius 1 is 0.783 bits per heavy atom. The molecule has 2 saturated carbocycles. The summed E-state index contributed by atoms with van der Waals surface area (Å²) in [4.78, 5) is 0. The number of rotatable bonds is 6. The second-order valence-electron chi connectivity index (χ2n) is 8.63. The predicted octanol–water partition coefficient (Wildman–Crippen LogP) is 6.46. The van der Waals surface area contributed by atoms with Gasteiger partial charge in [0.05, 0.1) is 0 Å². The number of thiol groups is 2. The molecule has 136 valence electrons.